The fourth-order valence-corrected chi connectivity index (χ4v) is 4.46. The lowest BCUT2D eigenvalue weighted by atomic mass is 10.1. The van der Waals surface area contributed by atoms with Gasteiger partial charge in [-0.05, 0) is 12.1 Å². The summed E-state index contributed by atoms with van der Waals surface area (Å²) in [4.78, 5) is 3.42. The van der Waals surface area contributed by atoms with Gasteiger partial charge in [-0.1, -0.05) is 30.3 Å². The number of H-pyrrole nitrogens is 1. The Labute approximate surface area is 140 Å². The maximum absolute atomic E-state index is 12.7. The quantitative estimate of drug-likeness (QED) is 0.542. The topological polar surface area (TPSA) is 103 Å². The molecule has 7 nitrogen and oxygen atoms in total. The lowest BCUT2D eigenvalue weighted by Crippen LogP contribution is -2.53. The molecule has 4 rings (SSSR count). The number of hydrogen-bond donors (Lipinski definition) is 4. The average Bonchev–Trinajstić information content (AvgIpc) is 2.94. The predicted octanol–water partition coefficient (Wildman–Crippen LogP) is 1.97. The fraction of sp³-hybridized carbons (Fsp3) is 0.250. The Morgan fingerprint density at radius 2 is 1.71 bits per heavy atom. The maximum Gasteiger partial charge on any atom is 0.314 e. The summed E-state index contributed by atoms with van der Waals surface area (Å²) in [6.07, 6.45) is 0. The van der Waals surface area contributed by atoms with Crippen molar-refractivity contribution in [3.63, 3.8) is 0 Å². The number of hydrogen-bond acceptors (Lipinski definition) is 3. The highest BCUT2D eigenvalue weighted by Crippen LogP contribution is 2.43. The molecule has 2 heterocycles. The predicted molar refractivity (Wildman–Crippen MR) is 98.7 cm³/mol. The van der Waals surface area contributed by atoms with Crippen molar-refractivity contribution in [3.05, 3.63) is 42.5 Å². The third-order valence-electron chi connectivity index (χ3n) is 4.39. The number of hydrazine groups is 1. The van der Waals surface area contributed by atoms with Crippen LogP contribution < -0.4 is 21.1 Å². The number of nitrogens with zero attached hydrogens (tertiary/aromatic N) is 2. The summed E-state index contributed by atoms with van der Waals surface area (Å²) in [5.74, 6) is 0. The first-order chi connectivity index (χ1) is 11.6. The zero-order valence-electron chi connectivity index (χ0n) is 13.3. The molecule has 126 valence electrons. The maximum atomic E-state index is 12.7. The van der Waals surface area contributed by atoms with Gasteiger partial charge in [-0.2, -0.15) is 0 Å². The van der Waals surface area contributed by atoms with E-state index < -0.39 is 7.59 Å². The van der Waals surface area contributed by atoms with Gasteiger partial charge in [0.1, 0.15) is 0 Å². The summed E-state index contributed by atoms with van der Waals surface area (Å²) in [5.41, 5.74) is 14.5. The molecule has 3 aromatic rings. The second-order valence-corrected chi connectivity index (χ2v) is 7.76. The number of aromatic amines is 1. The lowest BCUT2D eigenvalue weighted by Gasteiger charge is -2.40. The van der Waals surface area contributed by atoms with Crippen LogP contribution in [0, 0.1) is 0 Å². The molecule has 0 bridgehead atoms. The van der Waals surface area contributed by atoms with Crippen molar-refractivity contribution in [3.8, 4) is 0 Å². The number of nitrogens with two attached hydrogens (primary N) is 2. The van der Waals surface area contributed by atoms with Gasteiger partial charge in [-0.3, -0.25) is 15.6 Å². The Morgan fingerprint density at radius 3 is 2.46 bits per heavy atom. The number of para-hydroxylation sites is 2. The molecule has 0 saturated carbocycles. The molecule has 8 heteroatoms. The highest BCUT2D eigenvalue weighted by atomic mass is 31.2. The van der Waals surface area contributed by atoms with Crippen molar-refractivity contribution in [1.82, 2.24) is 15.3 Å². The first-order valence-corrected chi connectivity index (χ1v) is 9.78. The summed E-state index contributed by atoms with van der Waals surface area (Å²) in [7, 11) is -3.50. The zero-order chi connectivity index (χ0) is 16.7. The normalized spacial score (nSPS) is 16.8. The molecular formula is C16H21N6OP. The van der Waals surface area contributed by atoms with E-state index in [1.54, 1.807) is 4.78 Å². The van der Waals surface area contributed by atoms with E-state index in [1.165, 1.54) is 0 Å². The first kappa shape index (κ1) is 15.6. The average molecular weight is 344 g/mol. The van der Waals surface area contributed by atoms with E-state index >= 15 is 0 Å². The van der Waals surface area contributed by atoms with E-state index in [0.717, 1.165) is 40.6 Å². The number of nitrogens with one attached hydrogen (secondary N) is 2. The minimum absolute atomic E-state index is 0.703. The van der Waals surface area contributed by atoms with Gasteiger partial charge in [0.15, 0.2) is 0 Å². The van der Waals surface area contributed by atoms with Gasteiger partial charge in [0.05, 0.1) is 11.2 Å². The molecule has 0 amide bonds. The van der Waals surface area contributed by atoms with E-state index in [2.05, 4.69) is 16.4 Å². The Morgan fingerprint density at radius 1 is 1.00 bits per heavy atom. The van der Waals surface area contributed by atoms with E-state index in [1.807, 2.05) is 41.4 Å². The third kappa shape index (κ3) is 2.60. The Balaban J connectivity index is 1.93. The van der Waals surface area contributed by atoms with Crippen LogP contribution in [0.4, 0.5) is 5.69 Å². The van der Waals surface area contributed by atoms with Crippen LogP contribution in [0.3, 0.4) is 0 Å². The van der Waals surface area contributed by atoms with Crippen LogP contribution in [0.15, 0.2) is 42.5 Å². The second-order valence-electron chi connectivity index (χ2n) is 6.04. The molecular weight excluding hydrogens is 323 g/mol. The Bertz CT molecular complexity index is 927. The summed E-state index contributed by atoms with van der Waals surface area (Å²) < 4.78 is 14.3. The monoisotopic (exact) mass is 344 g/mol. The number of rotatable bonds is 3. The SMILES string of the molecule is NP(N)(=O)N(c1cccc2c1[nH]c1ccccc12)N1CCNCC1. The largest absolute Gasteiger partial charge is 0.353 e. The molecule has 1 fully saturated rings. The summed E-state index contributed by atoms with van der Waals surface area (Å²) in [6, 6.07) is 14.0. The van der Waals surface area contributed by atoms with Crippen LogP contribution in [0.2, 0.25) is 0 Å². The standard InChI is InChI=1S/C16H21N6OP/c17-24(18,23)22(21-10-8-19-9-11-21)15-7-3-5-13-12-4-1-2-6-14(12)20-16(13)15/h1-7,19-20H,8-11H2,(H4,17,18,23). The van der Waals surface area contributed by atoms with Crippen LogP contribution in [-0.2, 0) is 4.57 Å². The number of anilines is 1. The van der Waals surface area contributed by atoms with Gasteiger partial charge in [0.25, 0.3) is 0 Å². The highest BCUT2D eigenvalue weighted by Gasteiger charge is 2.31. The molecule has 6 N–H and O–H groups in total. The van der Waals surface area contributed by atoms with Gasteiger partial charge < -0.3 is 10.3 Å². The van der Waals surface area contributed by atoms with Crippen LogP contribution >= 0.6 is 7.59 Å². The molecule has 2 aromatic carbocycles. The van der Waals surface area contributed by atoms with Crippen molar-refractivity contribution < 1.29 is 4.57 Å². The van der Waals surface area contributed by atoms with Gasteiger partial charge >= 0.3 is 7.59 Å². The zero-order valence-corrected chi connectivity index (χ0v) is 14.2. The molecule has 0 aliphatic carbocycles. The highest BCUT2D eigenvalue weighted by molar-refractivity contribution is 7.60. The van der Waals surface area contributed by atoms with Crippen LogP contribution in [0.5, 0.6) is 0 Å². The molecule has 0 radical (unpaired) electrons. The minimum atomic E-state index is -3.50. The van der Waals surface area contributed by atoms with Gasteiger partial charge in [0.2, 0.25) is 0 Å². The van der Waals surface area contributed by atoms with Gasteiger partial charge in [-0.15, -0.1) is 0 Å². The fourth-order valence-electron chi connectivity index (χ4n) is 3.39. The smallest absolute Gasteiger partial charge is 0.314 e. The van der Waals surface area contributed by atoms with Crippen molar-refractivity contribution >= 4 is 35.1 Å². The number of aromatic nitrogens is 1. The summed E-state index contributed by atoms with van der Waals surface area (Å²) >= 11 is 0. The molecule has 1 aliphatic heterocycles. The number of benzene rings is 2. The number of piperazine rings is 1. The molecule has 24 heavy (non-hydrogen) atoms. The van der Waals surface area contributed by atoms with Crippen LogP contribution in [0.25, 0.3) is 21.8 Å². The Kier molecular flexibility index (Phi) is 3.83. The second kappa shape index (κ2) is 5.88. The van der Waals surface area contributed by atoms with Crippen molar-refractivity contribution in [2.45, 2.75) is 0 Å². The van der Waals surface area contributed by atoms with Crippen molar-refractivity contribution in [2.75, 3.05) is 31.0 Å². The lowest BCUT2D eigenvalue weighted by molar-refractivity contribution is 0.252. The summed E-state index contributed by atoms with van der Waals surface area (Å²) in [6.45, 7) is 3.02. The molecule has 1 saturated heterocycles. The van der Waals surface area contributed by atoms with Gasteiger partial charge in [0, 0.05) is 42.5 Å². The van der Waals surface area contributed by atoms with E-state index in [-0.39, 0.29) is 0 Å². The van der Waals surface area contributed by atoms with E-state index in [9.17, 15) is 4.57 Å². The molecule has 1 aromatic heterocycles. The van der Waals surface area contributed by atoms with E-state index in [4.69, 9.17) is 11.0 Å². The molecule has 0 spiro atoms. The molecule has 1 aliphatic rings. The first-order valence-electron chi connectivity index (χ1n) is 7.98. The van der Waals surface area contributed by atoms with E-state index in [0.29, 0.717) is 13.1 Å². The molecule has 0 atom stereocenters. The summed E-state index contributed by atoms with van der Waals surface area (Å²) in [5, 5.41) is 7.44. The minimum Gasteiger partial charge on any atom is -0.353 e. The van der Waals surface area contributed by atoms with Gasteiger partial charge in [-0.25, -0.2) is 9.79 Å². The number of fused-ring (bicyclic) bond motifs is 3. The van der Waals surface area contributed by atoms with Crippen LogP contribution in [0.1, 0.15) is 0 Å². The van der Waals surface area contributed by atoms with Crippen molar-refractivity contribution in [2.24, 2.45) is 11.0 Å². The molecule has 0 unspecified atom stereocenters. The third-order valence-corrected chi connectivity index (χ3v) is 5.45. The van der Waals surface area contributed by atoms with Crippen molar-refractivity contribution in [1.29, 1.82) is 0 Å². The van der Waals surface area contributed by atoms with Crippen LogP contribution in [-0.4, -0.2) is 36.2 Å². The Hall–Kier alpha value is -1.89.